The fraction of sp³-hybridized carbons (Fsp3) is 0.231. The number of carbonyl (C=O) groups excluding carboxylic acids is 1. The van der Waals surface area contributed by atoms with Crippen LogP contribution < -0.4 is 9.47 Å². The highest BCUT2D eigenvalue weighted by molar-refractivity contribution is 5.98. The van der Waals surface area contributed by atoms with E-state index in [0.717, 1.165) is 31.4 Å². The smallest absolute Gasteiger partial charge is 0.387 e. The lowest BCUT2D eigenvalue weighted by Crippen LogP contribution is -2.07. The summed E-state index contributed by atoms with van der Waals surface area (Å²) < 4.78 is 61.5. The van der Waals surface area contributed by atoms with Crippen molar-refractivity contribution in [3.8, 4) is 17.6 Å². The van der Waals surface area contributed by atoms with E-state index in [2.05, 4.69) is 14.2 Å². The van der Waals surface area contributed by atoms with Gasteiger partial charge in [-0.05, 0) is 18.2 Å². The van der Waals surface area contributed by atoms with Crippen LogP contribution in [-0.4, -0.2) is 26.3 Å². The Morgan fingerprint density at radius 1 is 1.23 bits per heavy atom. The minimum absolute atomic E-state index is 0.108. The van der Waals surface area contributed by atoms with Gasteiger partial charge in [0.15, 0.2) is 0 Å². The Bertz CT molecular complexity index is 611. The second-order valence-electron chi connectivity index (χ2n) is 3.62. The summed E-state index contributed by atoms with van der Waals surface area (Å²) in [6.45, 7) is -6.39. The summed E-state index contributed by atoms with van der Waals surface area (Å²) in [6, 6.07) is 4.43. The SMILES string of the molecule is COC(=O)/C(C#N)=C/c1ccc(OC(F)F)cc1OC(F)F. The fourth-order valence-corrected chi connectivity index (χ4v) is 1.41. The number of halogens is 4. The van der Waals surface area contributed by atoms with Crippen LogP contribution in [0.4, 0.5) is 17.6 Å². The third-order valence-electron chi connectivity index (χ3n) is 2.25. The van der Waals surface area contributed by atoms with Crippen LogP contribution in [0.15, 0.2) is 23.8 Å². The number of methoxy groups -OCH3 is 1. The van der Waals surface area contributed by atoms with E-state index in [-0.39, 0.29) is 5.56 Å². The molecule has 0 aliphatic rings. The molecule has 0 saturated carbocycles. The van der Waals surface area contributed by atoms with Crippen LogP contribution in [0.3, 0.4) is 0 Å². The number of rotatable bonds is 6. The highest BCUT2D eigenvalue weighted by atomic mass is 19.3. The number of alkyl halides is 4. The zero-order valence-electron chi connectivity index (χ0n) is 11.1. The van der Waals surface area contributed by atoms with Gasteiger partial charge in [-0.1, -0.05) is 0 Å². The maximum Gasteiger partial charge on any atom is 0.387 e. The second-order valence-corrected chi connectivity index (χ2v) is 3.62. The molecule has 118 valence electrons. The van der Waals surface area contributed by atoms with E-state index in [1.165, 1.54) is 6.07 Å². The molecule has 1 aromatic carbocycles. The van der Waals surface area contributed by atoms with Crippen molar-refractivity contribution in [2.75, 3.05) is 7.11 Å². The molecule has 1 aromatic rings. The van der Waals surface area contributed by atoms with Crippen molar-refractivity contribution in [1.82, 2.24) is 0 Å². The molecule has 22 heavy (non-hydrogen) atoms. The fourth-order valence-electron chi connectivity index (χ4n) is 1.41. The lowest BCUT2D eigenvalue weighted by Gasteiger charge is -2.11. The Balaban J connectivity index is 3.25. The van der Waals surface area contributed by atoms with E-state index in [1.807, 2.05) is 0 Å². The van der Waals surface area contributed by atoms with Crippen molar-refractivity contribution >= 4 is 12.0 Å². The molecular weight excluding hydrogens is 310 g/mol. The topological polar surface area (TPSA) is 68.6 Å². The Labute approximate surface area is 122 Å². The van der Waals surface area contributed by atoms with Crippen LogP contribution in [-0.2, 0) is 9.53 Å². The molecule has 1 rings (SSSR count). The Hall–Kier alpha value is -2.76. The van der Waals surface area contributed by atoms with Crippen LogP contribution in [0.25, 0.3) is 6.08 Å². The molecule has 0 N–H and O–H groups in total. The van der Waals surface area contributed by atoms with Gasteiger partial charge in [0.1, 0.15) is 23.1 Å². The standard InChI is InChI=1S/C13H9F4NO4/c1-20-11(19)8(6-18)4-7-2-3-9(21-12(14)15)5-10(7)22-13(16)17/h2-5,12-13H,1H3/b8-4+. The van der Waals surface area contributed by atoms with Crippen molar-refractivity contribution in [1.29, 1.82) is 5.26 Å². The normalized spacial score (nSPS) is 11.3. The number of carbonyl (C=O) groups is 1. The number of benzene rings is 1. The highest BCUT2D eigenvalue weighted by Crippen LogP contribution is 2.29. The zero-order chi connectivity index (χ0) is 16.7. The average molecular weight is 319 g/mol. The third-order valence-corrected chi connectivity index (χ3v) is 2.25. The number of esters is 1. The van der Waals surface area contributed by atoms with Gasteiger partial charge in [-0.15, -0.1) is 0 Å². The van der Waals surface area contributed by atoms with Crippen molar-refractivity contribution in [3.63, 3.8) is 0 Å². The maximum absolute atomic E-state index is 12.4. The predicted molar refractivity (Wildman–Crippen MR) is 65.3 cm³/mol. The molecule has 0 spiro atoms. The molecule has 0 aromatic heterocycles. The molecule has 0 amide bonds. The van der Waals surface area contributed by atoms with E-state index >= 15 is 0 Å². The maximum atomic E-state index is 12.4. The molecule has 0 atom stereocenters. The molecule has 0 saturated heterocycles. The van der Waals surface area contributed by atoms with Crippen LogP contribution in [0, 0.1) is 11.3 Å². The summed E-state index contributed by atoms with van der Waals surface area (Å²) in [7, 11) is 1.03. The quantitative estimate of drug-likeness (QED) is 0.349. The summed E-state index contributed by atoms with van der Waals surface area (Å²) in [5.41, 5.74) is -0.590. The van der Waals surface area contributed by atoms with E-state index in [1.54, 1.807) is 0 Å². The molecular formula is C13H9F4NO4. The van der Waals surface area contributed by atoms with Crippen LogP contribution in [0.1, 0.15) is 5.56 Å². The first-order valence-corrected chi connectivity index (χ1v) is 5.61. The predicted octanol–water partition coefficient (Wildman–Crippen LogP) is 2.97. The molecule has 0 heterocycles. The monoisotopic (exact) mass is 319 g/mol. The second kappa shape index (κ2) is 7.87. The molecule has 0 unspecified atom stereocenters. The summed E-state index contributed by atoms with van der Waals surface area (Å²) in [4.78, 5) is 11.3. The number of ether oxygens (including phenoxy) is 3. The minimum Gasteiger partial charge on any atom is -0.465 e. The summed E-state index contributed by atoms with van der Waals surface area (Å²) >= 11 is 0. The van der Waals surface area contributed by atoms with Crippen molar-refractivity contribution < 1.29 is 36.6 Å². The van der Waals surface area contributed by atoms with Gasteiger partial charge in [-0.3, -0.25) is 0 Å². The minimum atomic E-state index is -3.24. The molecule has 9 heteroatoms. The van der Waals surface area contributed by atoms with Crippen molar-refractivity contribution in [3.05, 3.63) is 29.3 Å². The first-order valence-electron chi connectivity index (χ1n) is 5.61. The van der Waals surface area contributed by atoms with Crippen LogP contribution >= 0.6 is 0 Å². The van der Waals surface area contributed by atoms with Crippen LogP contribution in [0.5, 0.6) is 11.5 Å². The highest BCUT2D eigenvalue weighted by Gasteiger charge is 2.15. The van der Waals surface area contributed by atoms with Gasteiger partial charge in [0.05, 0.1) is 7.11 Å². The zero-order valence-corrected chi connectivity index (χ0v) is 11.1. The molecule has 0 radical (unpaired) electrons. The van der Waals surface area contributed by atoms with E-state index in [0.29, 0.717) is 0 Å². The largest absolute Gasteiger partial charge is 0.465 e. The van der Waals surface area contributed by atoms with Gasteiger partial charge >= 0.3 is 19.2 Å². The Morgan fingerprint density at radius 2 is 1.86 bits per heavy atom. The molecule has 0 bridgehead atoms. The van der Waals surface area contributed by atoms with E-state index < -0.39 is 36.3 Å². The molecule has 5 nitrogen and oxygen atoms in total. The summed E-state index contributed by atoms with van der Waals surface area (Å²) in [6.07, 6.45) is 0.926. The lowest BCUT2D eigenvalue weighted by molar-refractivity contribution is -0.135. The van der Waals surface area contributed by atoms with Crippen LogP contribution in [0.2, 0.25) is 0 Å². The molecule has 0 aliphatic carbocycles. The Morgan fingerprint density at radius 3 is 2.36 bits per heavy atom. The number of hydrogen-bond acceptors (Lipinski definition) is 5. The van der Waals surface area contributed by atoms with Crippen molar-refractivity contribution in [2.45, 2.75) is 13.2 Å². The third kappa shape index (κ3) is 4.97. The van der Waals surface area contributed by atoms with Gasteiger partial charge in [-0.25, -0.2) is 4.79 Å². The van der Waals surface area contributed by atoms with Gasteiger partial charge in [0, 0.05) is 11.6 Å². The van der Waals surface area contributed by atoms with Crippen molar-refractivity contribution in [2.24, 2.45) is 0 Å². The lowest BCUT2D eigenvalue weighted by atomic mass is 10.1. The first kappa shape index (κ1) is 17.3. The van der Waals surface area contributed by atoms with Gasteiger partial charge < -0.3 is 14.2 Å². The van der Waals surface area contributed by atoms with Gasteiger partial charge in [0.25, 0.3) is 0 Å². The number of hydrogen-bond donors (Lipinski definition) is 0. The molecule has 0 aliphatic heterocycles. The molecule has 0 fully saturated rings. The average Bonchev–Trinajstić information content (AvgIpc) is 2.44. The number of nitriles is 1. The van der Waals surface area contributed by atoms with Gasteiger partial charge in [0.2, 0.25) is 0 Å². The Kier molecular flexibility index (Phi) is 6.19. The number of nitrogens with zero attached hydrogens (tertiary/aromatic N) is 1. The summed E-state index contributed by atoms with van der Waals surface area (Å²) in [5.74, 6) is -1.94. The van der Waals surface area contributed by atoms with Gasteiger partial charge in [-0.2, -0.15) is 22.8 Å². The first-order chi connectivity index (χ1) is 10.4. The van der Waals surface area contributed by atoms with E-state index in [9.17, 15) is 22.4 Å². The summed E-state index contributed by atoms with van der Waals surface area (Å²) in [5, 5.41) is 8.80. The van der Waals surface area contributed by atoms with E-state index in [4.69, 9.17) is 5.26 Å².